The van der Waals surface area contributed by atoms with Crippen LogP contribution >= 0.6 is 0 Å². The topological polar surface area (TPSA) is 56.2 Å². The molecule has 0 saturated carbocycles. The van der Waals surface area contributed by atoms with Gasteiger partial charge in [-0.2, -0.15) is 0 Å². The Hall–Kier alpha value is -2.62. The predicted molar refractivity (Wildman–Crippen MR) is 90.5 cm³/mol. The molecule has 0 saturated heterocycles. The summed E-state index contributed by atoms with van der Waals surface area (Å²) in [6.07, 6.45) is 1.64. The molecule has 2 aromatic carbocycles. The van der Waals surface area contributed by atoms with Crippen LogP contribution < -0.4 is 10.2 Å². The van der Waals surface area contributed by atoms with E-state index in [4.69, 9.17) is 5.41 Å². The normalized spacial score (nSPS) is 16.3. The average molecular weight is 293 g/mol. The van der Waals surface area contributed by atoms with Gasteiger partial charge in [-0.3, -0.25) is 4.79 Å². The number of para-hydroxylation sites is 1. The summed E-state index contributed by atoms with van der Waals surface area (Å²) in [7, 11) is 3.85. The number of rotatable bonds is 4. The number of hydrogen-bond acceptors (Lipinski definition) is 4. The van der Waals surface area contributed by atoms with Crippen LogP contribution in [-0.4, -0.2) is 32.1 Å². The second-order valence-electron chi connectivity index (χ2n) is 5.55. The molecule has 0 spiro atoms. The smallest absolute Gasteiger partial charge is 0.150 e. The molecule has 0 fully saturated rings. The van der Waals surface area contributed by atoms with Crippen LogP contribution in [0.15, 0.2) is 42.5 Å². The van der Waals surface area contributed by atoms with Crippen molar-refractivity contribution >= 4 is 23.4 Å². The SMILES string of the molecule is CNc1ccc(C=O)cc1C(=N)C1Cc2ccccc2N1C. The first-order valence-corrected chi connectivity index (χ1v) is 7.32. The summed E-state index contributed by atoms with van der Waals surface area (Å²) in [6, 6.07) is 13.7. The molecule has 2 N–H and O–H groups in total. The van der Waals surface area contributed by atoms with Gasteiger partial charge >= 0.3 is 0 Å². The lowest BCUT2D eigenvalue weighted by molar-refractivity contribution is 0.112. The van der Waals surface area contributed by atoms with Crippen molar-refractivity contribution in [2.45, 2.75) is 12.5 Å². The molecule has 1 unspecified atom stereocenters. The van der Waals surface area contributed by atoms with Crippen LogP contribution in [0.3, 0.4) is 0 Å². The predicted octanol–water partition coefficient (Wildman–Crippen LogP) is 2.97. The van der Waals surface area contributed by atoms with Gasteiger partial charge in [0, 0.05) is 43.0 Å². The van der Waals surface area contributed by atoms with Crippen LogP contribution in [0.1, 0.15) is 21.5 Å². The highest BCUT2D eigenvalue weighted by Crippen LogP contribution is 2.33. The zero-order chi connectivity index (χ0) is 15.7. The Balaban J connectivity index is 1.97. The number of likely N-dealkylation sites (N-methyl/N-ethyl adjacent to an activating group) is 1. The molecule has 0 radical (unpaired) electrons. The number of nitrogens with one attached hydrogen (secondary N) is 2. The van der Waals surface area contributed by atoms with Crippen LogP contribution in [0.25, 0.3) is 0 Å². The maximum atomic E-state index is 11.0. The van der Waals surface area contributed by atoms with Crippen LogP contribution in [0, 0.1) is 5.41 Å². The van der Waals surface area contributed by atoms with Crippen molar-refractivity contribution in [3.63, 3.8) is 0 Å². The Morgan fingerprint density at radius 2 is 2.09 bits per heavy atom. The van der Waals surface area contributed by atoms with E-state index in [9.17, 15) is 4.79 Å². The molecule has 22 heavy (non-hydrogen) atoms. The highest BCUT2D eigenvalue weighted by atomic mass is 16.1. The summed E-state index contributed by atoms with van der Waals surface area (Å²) in [5.41, 5.74) is 5.23. The molecular formula is C18H19N3O. The van der Waals surface area contributed by atoms with E-state index in [1.807, 2.05) is 32.3 Å². The van der Waals surface area contributed by atoms with Crippen molar-refractivity contribution in [1.29, 1.82) is 5.41 Å². The largest absolute Gasteiger partial charge is 0.388 e. The third kappa shape index (κ3) is 2.26. The number of carbonyl (C=O) groups is 1. The maximum absolute atomic E-state index is 11.0. The van der Waals surface area contributed by atoms with Gasteiger partial charge in [-0.1, -0.05) is 18.2 Å². The highest BCUT2D eigenvalue weighted by Gasteiger charge is 2.30. The molecule has 4 heteroatoms. The Morgan fingerprint density at radius 3 is 2.77 bits per heavy atom. The van der Waals surface area contributed by atoms with Crippen LogP contribution in [-0.2, 0) is 6.42 Å². The first kappa shape index (κ1) is 14.3. The molecular weight excluding hydrogens is 274 g/mol. The highest BCUT2D eigenvalue weighted by molar-refractivity contribution is 6.09. The number of carbonyl (C=O) groups excluding carboxylic acids is 1. The van der Waals surface area contributed by atoms with Crippen LogP contribution in [0.4, 0.5) is 11.4 Å². The lowest BCUT2D eigenvalue weighted by atomic mass is 9.97. The van der Waals surface area contributed by atoms with Crippen molar-refractivity contribution < 1.29 is 4.79 Å². The van der Waals surface area contributed by atoms with Crippen molar-refractivity contribution in [1.82, 2.24) is 0 Å². The van der Waals surface area contributed by atoms with E-state index in [2.05, 4.69) is 22.3 Å². The van der Waals surface area contributed by atoms with Crippen molar-refractivity contribution in [3.05, 3.63) is 59.2 Å². The second-order valence-corrected chi connectivity index (χ2v) is 5.55. The standard InChI is InChI=1S/C18H19N3O/c1-20-15-8-7-12(11-22)9-14(15)18(19)17-10-13-5-3-4-6-16(13)21(17)2/h3-9,11,17,19-20H,10H2,1-2H3. The maximum Gasteiger partial charge on any atom is 0.150 e. The van der Waals surface area contributed by atoms with E-state index in [0.29, 0.717) is 11.3 Å². The zero-order valence-corrected chi connectivity index (χ0v) is 12.8. The number of nitrogens with zero attached hydrogens (tertiary/aromatic N) is 1. The molecule has 2 aromatic rings. The first-order valence-electron chi connectivity index (χ1n) is 7.32. The lowest BCUT2D eigenvalue weighted by Gasteiger charge is -2.24. The fraction of sp³-hybridized carbons (Fsp3) is 0.222. The minimum Gasteiger partial charge on any atom is -0.388 e. The Morgan fingerprint density at radius 1 is 1.32 bits per heavy atom. The van der Waals surface area contributed by atoms with Gasteiger partial charge in [0.05, 0.1) is 11.8 Å². The number of fused-ring (bicyclic) bond motifs is 1. The van der Waals surface area contributed by atoms with Gasteiger partial charge < -0.3 is 15.6 Å². The van der Waals surface area contributed by atoms with Gasteiger partial charge in [0.15, 0.2) is 0 Å². The van der Waals surface area contributed by atoms with E-state index < -0.39 is 0 Å². The molecule has 1 aliphatic rings. The third-order valence-electron chi connectivity index (χ3n) is 4.32. The Kier molecular flexibility index (Phi) is 3.67. The molecule has 1 heterocycles. The molecule has 1 atom stereocenters. The van der Waals surface area contributed by atoms with Crippen LogP contribution in [0.2, 0.25) is 0 Å². The van der Waals surface area contributed by atoms with Crippen molar-refractivity contribution in [2.24, 2.45) is 0 Å². The van der Waals surface area contributed by atoms with E-state index in [1.165, 1.54) is 11.3 Å². The summed E-state index contributed by atoms with van der Waals surface area (Å²) in [5, 5.41) is 11.8. The first-order chi connectivity index (χ1) is 10.7. The minimum atomic E-state index is -0.00796. The number of anilines is 2. The van der Waals surface area contributed by atoms with Gasteiger partial charge in [-0.05, 0) is 29.8 Å². The van der Waals surface area contributed by atoms with E-state index in [0.717, 1.165) is 24.0 Å². The summed E-state index contributed by atoms with van der Waals surface area (Å²) in [5.74, 6) is 0. The fourth-order valence-electron chi connectivity index (χ4n) is 3.09. The molecule has 0 amide bonds. The summed E-state index contributed by atoms with van der Waals surface area (Å²) in [6.45, 7) is 0. The summed E-state index contributed by atoms with van der Waals surface area (Å²) < 4.78 is 0. The minimum absolute atomic E-state index is 0.00796. The van der Waals surface area contributed by atoms with Gasteiger partial charge in [0.1, 0.15) is 6.29 Å². The summed E-state index contributed by atoms with van der Waals surface area (Å²) in [4.78, 5) is 13.2. The fourth-order valence-corrected chi connectivity index (χ4v) is 3.09. The van der Waals surface area contributed by atoms with E-state index in [1.54, 1.807) is 12.1 Å². The molecule has 0 aromatic heterocycles. The summed E-state index contributed by atoms with van der Waals surface area (Å²) >= 11 is 0. The zero-order valence-electron chi connectivity index (χ0n) is 12.8. The average Bonchev–Trinajstić information content (AvgIpc) is 2.91. The number of aldehydes is 1. The molecule has 0 aliphatic carbocycles. The molecule has 1 aliphatic heterocycles. The Labute approximate surface area is 130 Å². The van der Waals surface area contributed by atoms with E-state index in [-0.39, 0.29) is 6.04 Å². The van der Waals surface area contributed by atoms with Crippen LogP contribution in [0.5, 0.6) is 0 Å². The molecule has 0 bridgehead atoms. The second kappa shape index (κ2) is 5.64. The lowest BCUT2D eigenvalue weighted by Crippen LogP contribution is -2.36. The van der Waals surface area contributed by atoms with Gasteiger partial charge in [0.2, 0.25) is 0 Å². The molecule has 112 valence electrons. The Bertz CT molecular complexity index is 739. The number of benzene rings is 2. The monoisotopic (exact) mass is 293 g/mol. The van der Waals surface area contributed by atoms with E-state index >= 15 is 0 Å². The van der Waals surface area contributed by atoms with Gasteiger partial charge in [-0.25, -0.2) is 0 Å². The molecule has 3 rings (SSSR count). The number of hydrogen-bond donors (Lipinski definition) is 2. The van der Waals surface area contributed by atoms with Crippen molar-refractivity contribution in [2.75, 3.05) is 24.3 Å². The van der Waals surface area contributed by atoms with Gasteiger partial charge in [-0.15, -0.1) is 0 Å². The quantitative estimate of drug-likeness (QED) is 0.673. The molecule has 4 nitrogen and oxygen atoms in total. The van der Waals surface area contributed by atoms with Gasteiger partial charge in [0.25, 0.3) is 0 Å². The third-order valence-corrected chi connectivity index (χ3v) is 4.32. The van der Waals surface area contributed by atoms with Crippen molar-refractivity contribution in [3.8, 4) is 0 Å².